The molecule has 3 aromatic heterocycles. The zero-order valence-corrected chi connectivity index (χ0v) is 15.2. The van der Waals surface area contributed by atoms with E-state index in [4.69, 9.17) is 4.74 Å². The van der Waals surface area contributed by atoms with Crippen LogP contribution in [0.25, 0.3) is 22.3 Å². The zero-order valence-electron chi connectivity index (χ0n) is 14.3. The van der Waals surface area contributed by atoms with E-state index in [9.17, 15) is 0 Å². The van der Waals surface area contributed by atoms with Gasteiger partial charge in [0.05, 0.1) is 12.3 Å². The summed E-state index contributed by atoms with van der Waals surface area (Å²) in [7, 11) is 0. The summed E-state index contributed by atoms with van der Waals surface area (Å²) >= 11 is 1.98. The Morgan fingerprint density at radius 1 is 1.04 bits per heavy atom. The van der Waals surface area contributed by atoms with Crippen LogP contribution in [0.4, 0.5) is 5.82 Å². The van der Waals surface area contributed by atoms with Gasteiger partial charge in [-0.15, -0.1) is 11.8 Å². The largest absolute Gasteiger partial charge is 0.363 e. The molecule has 1 spiro atoms. The number of anilines is 1. The van der Waals surface area contributed by atoms with E-state index in [0.29, 0.717) is 5.65 Å². The molecule has 6 nitrogen and oxygen atoms in total. The van der Waals surface area contributed by atoms with Gasteiger partial charge in [-0.1, -0.05) is 0 Å². The number of aromatic nitrogens is 4. The van der Waals surface area contributed by atoms with Crippen molar-refractivity contribution in [2.45, 2.75) is 17.8 Å². The van der Waals surface area contributed by atoms with Crippen LogP contribution >= 0.6 is 11.8 Å². The first-order valence-corrected chi connectivity index (χ1v) is 9.86. The molecule has 7 heteroatoms. The van der Waals surface area contributed by atoms with Crippen LogP contribution in [0.1, 0.15) is 12.8 Å². The average molecular weight is 365 g/mol. The Kier molecular flexibility index (Phi) is 3.98. The second-order valence-corrected chi connectivity index (χ2v) is 8.07. The second-order valence-electron chi connectivity index (χ2n) is 6.63. The first-order valence-electron chi connectivity index (χ1n) is 8.87. The molecule has 0 bridgehead atoms. The molecular formula is C19H19N5OS. The van der Waals surface area contributed by atoms with Crippen molar-refractivity contribution in [2.24, 2.45) is 0 Å². The summed E-state index contributed by atoms with van der Waals surface area (Å²) in [6, 6.07) is 8.15. The van der Waals surface area contributed by atoms with Crippen LogP contribution in [-0.4, -0.2) is 50.3 Å². The Morgan fingerprint density at radius 2 is 1.96 bits per heavy atom. The molecule has 5 heterocycles. The maximum absolute atomic E-state index is 5.97. The van der Waals surface area contributed by atoms with Crippen LogP contribution in [0.15, 0.2) is 43.0 Å². The molecule has 2 aliphatic rings. The Balaban J connectivity index is 1.34. The number of nitrogens with zero attached hydrogens (tertiary/aromatic N) is 5. The van der Waals surface area contributed by atoms with Gasteiger partial charge in [0, 0.05) is 55.0 Å². The number of fused-ring (bicyclic) bond motifs is 1. The molecule has 0 N–H and O–H groups in total. The molecule has 2 saturated heterocycles. The number of hydrogen-bond acceptors (Lipinski definition) is 7. The second kappa shape index (κ2) is 6.48. The van der Waals surface area contributed by atoms with Gasteiger partial charge < -0.3 is 9.64 Å². The number of piperidine rings is 1. The molecule has 0 amide bonds. The van der Waals surface area contributed by atoms with Gasteiger partial charge in [-0.2, -0.15) is 0 Å². The number of ether oxygens (including phenoxy) is 1. The molecule has 3 aromatic rings. The van der Waals surface area contributed by atoms with Crippen molar-refractivity contribution in [1.29, 1.82) is 0 Å². The van der Waals surface area contributed by atoms with Gasteiger partial charge in [-0.25, -0.2) is 19.9 Å². The monoisotopic (exact) mass is 365 g/mol. The van der Waals surface area contributed by atoms with Crippen molar-refractivity contribution in [3.8, 4) is 11.3 Å². The maximum atomic E-state index is 5.97. The van der Waals surface area contributed by atoms with E-state index in [-0.39, 0.29) is 4.93 Å². The third kappa shape index (κ3) is 2.91. The fraction of sp³-hybridized carbons (Fsp3) is 0.368. The van der Waals surface area contributed by atoms with Gasteiger partial charge in [0.2, 0.25) is 0 Å². The van der Waals surface area contributed by atoms with Crippen molar-refractivity contribution >= 4 is 28.6 Å². The molecule has 5 rings (SSSR count). The van der Waals surface area contributed by atoms with Crippen LogP contribution < -0.4 is 4.90 Å². The van der Waals surface area contributed by atoms with E-state index in [1.807, 2.05) is 30.1 Å². The standard InChI is InChI=1S/C19H19N5OS/c1-3-16(23-18-15(1)11-20-13-22-18)14-2-4-17(21-12-14)24-7-5-19(6-8-24)25-9-10-26-19/h1-4,11-13H,5-10H2. The van der Waals surface area contributed by atoms with Gasteiger partial charge in [0.15, 0.2) is 5.65 Å². The van der Waals surface area contributed by atoms with Crippen molar-refractivity contribution in [3.05, 3.63) is 43.0 Å². The highest BCUT2D eigenvalue weighted by Gasteiger charge is 2.39. The lowest BCUT2D eigenvalue weighted by Gasteiger charge is -2.38. The Bertz CT molecular complexity index is 917. The normalized spacial score (nSPS) is 19.3. The molecule has 0 unspecified atom stereocenters. The highest BCUT2D eigenvalue weighted by atomic mass is 32.2. The SMILES string of the molecule is c1ncc2ccc(-c3ccc(N4CCC5(CC4)OCCS5)nc3)nc2n1. The van der Waals surface area contributed by atoms with Crippen LogP contribution in [0.3, 0.4) is 0 Å². The predicted octanol–water partition coefficient (Wildman–Crippen LogP) is 3.15. The number of rotatable bonds is 2. The van der Waals surface area contributed by atoms with Crippen LogP contribution in [0, 0.1) is 0 Å². The summed E-state index contributed by atoms with van der Waals surface area (Å²) in [5.41, 5.74) is 2.58. The molecule has 0 saturated carbocycles. The fourth-order valence-corrected chi connectivity index (χ4v) is 4.79. The molecule has 0 aliphatic carbocycles. The summed E-state index contributed by atoms with van der Waals surface area (Å²) in [5, 5.41) is 0.940. The molecular weight excluding hydrogens is 346 g/mol. The van der Waals surface area contributed by atoms with Crippen molar-refractivity contribution in [3.63, 3.8) is 0 Å². The highest BCUT2D eigenvalue weighted by molar-refractivity contribution is 8.00. The summed E-state index contributed by atoms with van der Waals surface area (Å²) in [6.45, 7) is 2.87. The molecule has 2 fully saturated rings. The third-order valence-electron chi connectivity index (χ3n) is 5.07. The maximum Gasteiger partial charge on any atom is 0.163 e. The molecule has 132 valence electrons. The predicted molar refractivity (Wildman–Crippen MR) is 103 cm³/mol. The summed E-state index contributed by atoms with van der Waals surface area (Å²) < 4.78 is 5.97. The van der Waals surface area contributed by atoms with Gasteiger partial charge in [-0.3, -0.25) is 0 Å². The third-order valence-corrected chi connectivity index (χ3v) is 6.50. The smallest absolute Gasteiger partial charge is 0.163 e. The van der Waals surface area contributed by atoms with Gasteiger partial charge in [-0.05, 0) is 24.3 Å². The summed E-state index contributed by atoms with van der Waals surface area (Å²) in [4.78, 5) is 20.0. The Morgan fingerprint density at radius 3 is 2.73 bits per heavy atom. The first-order chi connectivity index (χ1) is 12.8. The lowest BCUT2D eigenvalue weighted by Crippen LogP contribution is -2.42. The van der Waals surface area contributed by atoms with E-state index in [2.05, 4.69) is 37.0 Å². The van der Waals surface area contributed by atoms with Crippen LogP contribution in [0.2, 0.25) is 0 Å². The van der Waals surface area contributed by atoms with E-state index in [1.165, 1.54) is 6.33 Å². The van der Waals surface area contributed by atoms with Gasteiger partial charge in [0.25, 0.3) is 0 Å². The van der Waals surface area contributed by atoms with Crippen molar-refractivity contribution in [2.75, 3.05) is 30.3 Å². The number of pyridine rings is 2. The molecule has 0 radical (unpaired) electrons. The molecule has 26 heavy (non-hydrogen) atoms. The van der Waals surface area contributed by atoms with E-state index in [1.54, 1.807) is 6.20 Å². The zero-order chi connectivity index (χ0) is 17.4. The number of thioether (sulfide) groups is 1. The van der Waals surface area contributed by atoms with Crippen LogP contribution in [0.5, 0.6) is 0 Å². The van der Waals surface area contributed by atoms with E-state index in [0.717, 1.165) is 60.8 Å². The first kappa shape index (κ1) is 16.0. The quantitative estimate of drug-likeness (QED) is 0.691. The highest BCUT2D eigenvalue weighted by Crippen LogP contribution is 2.42. The number of hydrogen-bond donors (Lipinski definition) is 0. The van der Waals surface area contributed by atoms with Gasteiger partial charge in [0.1, 0.15) is 17.1 Å². The lowest BCUT2D eigenvalue weighted by molar-refractivity contribution is 0.0334. The van der Waals surface area contributed by atoms with E-state index < -0.39 is 0 Å². The Hall–Kier alpha value is -2.25. The minimum Gasteiger partial charge on any atom is -0.363 e. The topological polar surface area (TPSA) is 64.0 Å². The lowest BCUT2D eigenvalue weighted by atomic mass is 10.1. The molecule has 0 aromatic carbocycles. The summed E-state index contributed by atoms with van der Waals surface area (Å²) in [5.74, 6) is 2.14. The average Bonchev–Trinajstić information content (AvgIpc) is 3.16. The molecule has 0 atom stereocenters. The molecule has 2 aliphatic heterocycles. The minimum absolute atomic E-state index is 0.0628. The fourth-order valence-electron chi connectivity index (χ4n) is 3.61. The summed E-state index contributed by atoms with van der Waals surface area (Å²) in [6.07, 6.45) is 7.32. The minimum atomic E-state index is 0.0628. The van der Waals surface area contributed by atoms with E-state index >= 15 is 0 Å². The van der Waals surface area contributed by atoms with Crippen molar-refractivity contribution in [1.82, 2.24) is 19.9 Å². The Labute approximate surface area is 156 Å². The van der Waals surface area contributed by atoms with Crippen molar-refractivity contribution < 1.29 is 4.74 Å². The van der Waals surface area contributed by atoms with Crippen LogP contribution in [-0.2, 0) is 4.74 Å². The van der Waals surface area contributed by atoms with Gasteiger partial charge >= 0.3 is 0 Å².